The Morgan fingerprint density at radius 3 is 2.56 bits per heavy atom. The highest BCUT2D eigenvalue weighted by atomic mass is 32.2. The van der Waals surface area contributed by atoms with Crippen molar-refractivity contribution in [3.05, 3.63) is 35.7 Å². The van der Waals surface area contributed by atoms with Crippen molar-refractivity contribution in [1.82, 2.24) is 10.2 Å². The number of Topliss-reactive ketones (excluding diaryl/α,β-unsaturated/α-hetero) is 1. The minimum Gasteiger partial charge on any atom is -0.357 e. The van der Waals surface area contributed by atoms with Crippen LogP contribution in [0.1, 0.15) is 12.8 Å². The van der Waals surface area contributed by atoms with E-state index in [0.29, 0.717) is 11.9 Å². The predicted molar refractivity (Wildman–Crippen MR) is 108 cm³/mol. The molecule has 0 radical (unpaired) electrons. The first-order chi connectivity index (χ1) is 13.1. The van der Waals surface area contributed by atoms with Gasteiger partial charge in [-0.05, 0) is 25.0 Å². The van der Waals surface area contributed by atoms with Crippen LogP contribution in [0.4, 0.5) is 16.5 Å². The van der Waals surface area contributed by atoms with Crippen LogP contribution in [-0.2, 0) is 4.79 Å². The molecule has 2 heterocycles. The van der Waals surface area contributed by atoms with E-state index in [1.54, 1.807) is 0 Å². The number of carbonyl (C=O) groups excluding carboxylic acids is 1. The van der Waals surface area contributed by atoms with Gasteiger partial charge in [0.25, 0.3) is 0 Å². The summed E-state index contributed by atoms with van der Waals surface area (Å²) in [5.74, 6) is 0.552. The molecule has 0 amide bonds. The zero-order valence-corrected chi connectivity index (χ0v) is 16.6. The smallest absolute Gasteiger partial charge is 0.206 e. The van der Waals surface area contributed by atoms with Crippen molar-refractivity contribution in [2.75, 3.05) is 35.0 Å². The highest BCUT2D eigenvalue weighted by Crippen LogP contribution is 2.40. The fraction of sp³-hybridized carbons (Fsp3) is 0.333. The number of carbonyl (C=O) groups is 1. The van der Waals surface area contributed by atoms with E-state index in [2.05, 4.69) is 21.6 Å². The topological polar surface area (TPSA) is 85.1 Å². The summed E-state index contributed by atoms with van der Waals surface area (Å²) < 4.78 is 0.727. The molecule has 1 aromatic carbocycles. The maximum absolute atomic E-state index is 12.8. The average molecular weight is 399 g/mol. The lowest BCUT2D eigenvalue weighted by Crippen LogP contribution is -2.26. The Bertz CT molecular complexity index is 928. The van der Waals surface area contributed by atoms with E-state index in [9.17, 15) is 10.1 Å². The summed E-state index contributed by atoms with van der Waals surface area (Å²) in [5, 5.41) is 21.9. The first kappa shape index (κ1) is 17.8. The summed E-state index contributed by atoms with van der Waals surface area (Å²) in [6, 6.07) is 10.5. The van der Waals surface area contributed by atoms with E-state index in [1.807, 2.05) is 48.2 Å². The third-order valence-corrected chi connectivity index (χ3v) is 6.48. The molecule has 4 rings (SSSR count). The monoisotopic (exact) mass is 398 g/mol. The number of aromatic nitrogens is 2. The normalized spacial score (nSPS) is 15.5. The second-order valence-electron chi connectivity index (χ2n) is 6.42. The Morgan fingerprint density at radius 2 is 1.96 bits per heavy atom. The van der Waals surface area contributed by atoms with Gasteiger partial charge in [0, 0.05) is 20.1 Å². The average Bonchev–Trinajstić information content (AvgIpc) is 3.32. The van der Waals surface area contributed by atoms with E-state index in [-0.39, 0.29) is 17.1 Å². The van der Waals surface area contributed by atoms with Crippen LogP contribution in [0.5, 0.6) is 0 Å². The Hall–Kier alpha value is -2.57. The molecule has 138 valence electrons. The molecular formula is C18H18N6OS2. The number of anilines is 3. The zero-order chi connectivity index (χ0) is 19.0. The number of rotatable bonds is 6. The van der Waals surface area contributed by atoms with Gasteiger partial charge in [-0.3, -0.25) is 4.79 Å². The van der Waals surface area contributed by atoms with E-state index in [1.165, 1.54) is 35.9 Å². The number of hydrogen-bond acceptors (Lipinski definition) is 9. The van der Waals surface area contributed by atoms with Crippen molar-refractivity contribution < 1.29 is 4.79 Å². The largest absolute Gasteiger partial charge is 0.357 e. The fourth-order valence-corrected chi connectivity index (χ4v) is 4.69. The van der Waals surface area contributed by atoms with Gasteiger partial charge in [-0.1, -0.05) is 35.2 Å². The number of ketones is 1. The van der Waals surface area contributed by atoms with Crippen molar-refractivity contribution in [1.29, 1.82) is 5.26 Å². The molecule has 0 bridgehead atoms. The third-order valence-electron chi connectivity index (χ3n) is 4.49. The van der Waals surface area contributed by atoms with Crippen molar-refractivity contribution in [2.45, 2.75) is 23.2 Å². The summed E-state index contributed by atoms with van der Waals surface area (Å²) in [6.45, 7) is 0. The molecule has 27 heavy (non-hydrogen) atoms. The minimum absolute atomic E-state index is 0.155. The highest BCUT2D eigenvalue weighted by molar-refractivity contribution is 8.01. The molecular weight excluding hydrogens is 380 g/mol. The van der Waals surface area contributed by atoms with Gasteiger partial charge in [0.15, 0.2) is 10.1 Å². The highest BCUT2D eigenvalue weighted by Gasteiger charge is 2.31. The molecule has 1 aromatic heterocycles. The SMILES string of the molecule is CN1C(=C(C#N)C(=O)CSc2nnc(NC3CC3)s2)N(C)c2ccccc21. The van der Waals surface area contributed by atoms with Gasteiger partial charge in [0.1, 0.15) is 17.5 Å². The second kappa shape index (κ2) is 7.21. The first-order valence-corrected chi connectivity index (χ1v) is 10.4. The molecule has 1 N–H and O–H groups in total. The molecule has 1 saturated carbocycles. The molecule has 1 aliphatic carbocycles. The number of nitrogens with zero attached hydrogens (tertiary/aromatic N) is 5. The van der Waals surface area contributed by atoms with Crippen LogP contribution >= 0.6 is 23.1 Å². The van der Waals surface area contributed by atoms with Gasteiger partial charge >= 0.3 is 0 Å². The lowest BCUT2D eigenvalue weighted by Gasteiger charge is -2.19. The lowest BCUT2D eigenvalue weighted by molar-refractivity contribution is -0.112. The maximum Gasteiger partial charge on any atom is 0.206 e. The Balaban J connectivity index is 1.49. The Kier molecular flexibility index (Phi) is 4.76. The van der Waals surface area contributed by atoms with Crippen molar-refractivity contribution >= 4 is 45.4 Å². The standard InChI is InChI=1S/C18H18N6OS2/c1-23-13-5-3-4-6-14(13)24(2)16(23)12(9-19)15(25)10-26-18-22-21-17(27-18)20-11-7-8-11/h3-6,11H,7-8,10H2,1-2H3,(H,20,21). The quantitative estimate of drug-likeness (QED) is 0.451. The molecule has 1 fully saturated rings. The van der Waals surface area contributed by atoms with Crippen LogP contribution in [0.3, 0.4) is 0 Å². The number of nitrogens with one attached hydrogen (secondary N) is 1. The molecule has 7 nitrogen and oxygen atoms in total. The number of para-hydroxylation sites is 2. The van der Waals surface area contributed by atoms with Crippen LogP contribution < -0.4 is 15.1 Å². The Labute approximate surface area is 165 Å². The van der Waals surface area contributed by atoms with E-state index >= 15 is 0 Å². The molecule has 0 unspecified atom stereocenters. The molecule has 1 aliphatic heterocycles. The molecule has 9 heteroatoms. The van der Waals surface area contributed by atoms with E-state index in [0.717, 1.165) is 20.8 Å². The molecule has 0 atom stereocenters. The van der Waals surface area contributed by atoms with Crippen molar-refractivity contribution in [2.24, 2.45) is 0 Å². The summed E-state index contributed by atoms with van der Waals surface area (Å²) in [4.78, 5) is 16.5. The van der Waals surface area contributed by atoms with Gasteiger partial charge in [-0.15, -0.1) is 10.2 Å². The van der Waals surface area contributed by atoms with E-state index < -0.39 is 0 Å². The van der Waals surface area contributed by atoms with Crippen molar-refractivity contribution in [3.63, 3.8) is 0 Å². The molecule has 0 spiro atoms. The second-order valence-corrected chi connectivity index (χ2v) is 8.62. The van der Waals surface area contributed by atoms with Gasteiger partial charge in [0.2, 0.25) is 5.13 Å². The number of benzene rings is 1. The van der Waals surface area contributed by atoms with Crippen LogP contribution in [0.15, 0.2) is 40.0 Å². The van der Waals surface area contributed by atoms with E-state index in [4.69, 9.17) is 0 Å². The summed E-state index contributed by atoms with van der Waals surface area (Å²) in [5.41, 5.74) is 2.11. The Morgan fingerprint density at radius 1 is 1.30 bits per heavy atom. The summed E-state index contributed by atoms with van der Waals surface area (Å²) in [6.07, 6.45) is 2.34. The van der Waals surface area contributed by atoms with Gasteiger partial charge < -0.3 is 15.1 Å². The lowest BCUT2D eigenvalue weighted by atomic mass is 10.2. The molecule has 0 saturated heterocycles. The van der Waals surface area contributed by atoms with Crippen LogP contribution in [0.2, 0.25) is 0 Å². The molecule has 2 aromatic rings. The van der Waals surface area contributed by atoms with Gasteiger partial charge in [-0.2, -0.15) is 5.26 Å². The third kappa shape index (κ3) is 3.50. The number of allylic oxidation sites excluding steroid dienone is 1. The van der Waals surface area contributed by atoms with Gasteiger partial charge in [0.05, 0.1) is 17.1 Å². The fourth-order valence-electron chi connectivity index (χ4n) is 2.99. The van der Waals surface area contributed by atoms with Gasteiger partial charge in [-0.25, -0.2) is 0 Å². The first-order valence-electron chi connectivity index (χ1n) is 8.55. The maximum atomic E-state index is 12.8. The van der Waals surface area contributed by atoms with Crippen LogP contribution in [-0.4, -0.2) is 41.9 Å². The van der Waals surface area contributed by atoms with Crippen LogP contribution in [0.25, 0.3) is 0 Å². The number of hydrogen-bond donors (Lipinski definition) is 1. The van der Waals surface area contributed by atoms with Crippen molar-refractivity contribution in [3.8, 4) is 6.07 Å². The summed E-state index contributed by atoms with van der Waals surface area (Å²) in [7, 11) is 3.74. The van der Waals surface area contributed by atoms with Crippen LogP contribution in [0, 0.1) is 11.3 Å². The minimum atomic E-state index is -0.212. The zero-order valence-electron chi connectivity index (χ0n) is 15.0. The number of fused-ring (bicyclic) bond motifs is 1. The summed E-state index contributed by atoms with van der Waals surface area (Å²) >= 11 is 2.76. The predicted octanol–water partition coefficient (Wildman–Crippen LogP) is 3.09. The number of thioether (sulfide) groups is 1. The number of nitriles is 1. The molecule has 2 aliphatic rings.